The standard InChI is InChI=1S/C31H33N5O6/c1-21-6-8-22(9-7-21)41-17-28(38)35-12-3-13-40-26-5-2-4-23-24-15-36(30(39)25-14-32-10-11-33-25)19-31(24,20-42-29(23)26)18-34-27(37)16-35/h2,4-11,14,24H,3,12-13,15-20H2,1H3,(H,34,37)/t24-,31+/m0/s1. The van der Waals surface area contributed by atoms with E-state index in [9.17, 15) is 14.4 Å². The van der Waals surface area contributed by atoms with Gasteiger partial charge in [0.15, 0.2) is 18.1 Å². The number of aryl methyl sites for hydroxylation is 1. The number of hydrogen-bond donors (Lipinski definition) is 1. The molecule has 11 heteroatoms. The van der Waals surface area contributed by atoms with Crippen LogP contribution in [0.15, 0.2) is 61.1 Å². The highest BCUT2D eigenvalue weighted by Gasteiger charge is 2.53. The van der Waals surface area contributed by atoms with E-state index in [1.165, 1.54) is 23.5 Å². The molecule has 0 unspecified atom stereocenters. The van der Waals surface area contributed by atoms with Gasteiger partial charge in [-0.25, -0.2) is 4.98 Å². The molecule has 0 saturated carbocycles. The smallest absolute Gasteiger partial charge is 0.274 e. The number of amides is 3. The fourth-order valence-electron chi connectivity index (χ4n) is 5.90. The molecule has 1 N–H and O–H groups in total. The molecule has 1 spiro atoms. The molecule has 0 radical (unpaired) electrons. The average Bonchev–Trinajstić information content (AvgIpc) is 3.41. The molecular formula is C31H33N5O6. The first-order valence-electron chi connectivity index (χ1n) is 14.1. The summed E-state index contributed by atoms with van der Waals surface area (Å²) in [5.41, 5.74) is 1.73. The first kappa shape index (κ1) is 27.5. The molecule has 1 fully saturated rings. The zero-order valence-corrected chi connectivity index (χ0v) is 23.5. The molecule has 2 atom stereocenters. The van der Waals surface area contributed by atoms with Crippen LogP contribution in [0, 0.1) is 12.3 Å². The van der Waals surface area contributed by atoms with Crippen molar-refractivity contribution in [2.45, 2.75) is 19.3 Å². The molecule has 11 nitrogen and oxygen atoms in total. The lowest BCUT2D eigenvalue weighted by Crippen LogP contribution is -2.51. The maximum absolute atomic E-state index is 13.4. The van der Waals surface area contributed by atoms with E-state index in [0.29, 0.717) is 56.5 Å². The largest absolute Gasteiger partial charge is 0.490 e. The van der Waals surface area contributed by atoms with Crippen LogP contribution < -0.4 is 19.5 Å². The molecule has 218 valence electrons. The number of hydrogen-bond acceptors (Lipinski definition) is 8. The number of nitrogens with zero attached hydrogens (tertiary/aromatic N) is 4. The molecule has 3 aromatic rings. The predicted octanol–water partition coefficient (Wildman–Crippen LogP) is 2.21. The minimum absolute atomic E-state index is 0.102. The summed E-state index contributed by atoms with van der Waals surface area (Å²) in [4.78, 5) is 51.2. The van der Waals surface area contributed by atoms with E-state index < -0.39 is 5.41 Å². The minimum Gasteiger partial charge on any atom is -0.490 e. The number of nitrogens with one attached hydrogen (secondary N) is 1. The van der Waals surface area contributed by atoms with Crippen LogP contribution in [0.25, 0.3) is 0 Å². The zero-order chi connectivity index (χ0) is 29.1. The number of para-hydroxylation sites is 1. The van der Waals surface area contributed by atoms with Gasteiger partial charge < -0.3 is 29.3 Å². The van der Waals surface area contributed by atoms with Crippen LogP contribution in [0.2, 0.25) is 0 Å². The van der Waals surface area contributed by atoms with Gasteiger partial charge >= 0.3 is 0 Å². The van der Waals surface area contributed by atoms with Crippen molar-refractivity contribution in [3.63, 3.8) is 0 Å². The fourth-order valence-corrected chi connectivity index (χ4v) is 5.90. The van der Waals surface area contributed by atoms with Crippen LogP contribution in [-0.2, 0) is 9.59 Å². The Hall–Kier alpha value is -4.67. The van der Waals surface area contributed by atoms with E-state index in [0.717, 1.165) is 11.1 Å². The van der Waals surface area contributed by atoms with Gasteiger partial charge in [0.05, 0.1) is 26.0 Å². The summed E-state index contributed by atoms with van der Waals surface area (Å²) < 4.78 is 18.1. The molecule has 7 rings (SSSR count). The highest BCUT2D eigenvalue weighted by Crippen LogP contribution is 2.52. The fraction of sp³-hybridized carbons (Fsp3) is 0.387. The van der Waals surface area contributed by atoms with Crippen molar-refractivity contribution in [1.29, 1.82) is 0 Å². The molecule has 0 aliphatic carbocycles. The van der Waals surface area contributed by atoms with E-state index in [1.54, 1.807) is 4.90 Å². The molecule has 5 heterocycles. The summed E-state index contributed by atoms with van der Waals surface area (Å²) in [6, 6.07) is 13.2. The van der Waals surface area contributed by atoms with E-state index in [-0.39, 0.29) is 49.0 Å². The van der Waals surface area contributed by atoms with Gasteiger partial charge in [0.1, 0.15) is 11.4 Å². The molecule has 4 bridgehead atoms. The molecule has 42 heavy (non-hydrogen) atoms. The average molecular weight is 572 g/mol. The summed E-state index contributed by atoms with van der Waals surface area (Å²) >= 11 is 0. The topological polar surface area (TPSA) is 123 Å². The van der Waals surface area contributed by atoms with E-state index in [2.05, 4.69) is 15.3 Å². The maximum Gasteiger partial charge on any atom is 0.274 e. The van der Waals surface area contributed by atoms with Crippen LogP contribution in [-0.4, -0.2) is 90.0 Å². The van der Waals surface area contributed by atoms with Gasteiger partial charge in [-0.05, 0) is 31.5 Å². The van der Waals surface area contributed by atoms with E-state index in [1.807, 2.05) is 49.4 Å². The van der Waals surface area contributed by atoms with Crippen LogP contribution in [0.1, 0.15) is 34.0 Å². The van der Waals surface area contributed by atoms with Crippen molar-refractivity contribution in [3.8, 4) is 17.2 Å². The Kier molecular flexibility index (Phi) is 7.64. The number of fused-ring (bicyclic) bond motifs is 9. The van der Waals surface area contributed by atoms with Gasteiger partial charge in [-0.2, -0.15) is 0 Å². The highest BCUT2D eigenvalue weighted by atomic mass is 16.5. The van der Waals surface area contributed by atoms with Crippen LogP contribution in [0.3, 0.4) is 0 Å². The Balaban J connectivity index is 1.22. The summed E-state index contributed by atoms with van der Waals surface area (Å²) in [6.07, 6.45) is 4.99. The van der Waals surface area contributed by atoms with Crippen molar-refractivity contribution in [2.75, 3.05) is 52.5 Å². The molecule has 1 saturated heterocycles. The highest BCUT2D eigenvalue weighted by molar-refractivity contribution is 5.92. The van der Waals surface area contributed by atoms with Crippen molar-refractivity contribution >= 4 is 17.7 Å². The van der Waals surface area contributed by atoms with Gasteiger partial charge in [-0.1, -0.05) is 29.8 Å². The Morgan fingerprint density at radius 1 is 1.12 bits per heavy atom. The lowest BCUT2D eigenvalue weighted by atomic mass is 9.73. The number of aromatic nitrogens is 2. The summed E-state index contributed by atoms with van der Waals surface area (Å²) in [6.45, 7) is 3.71. The molecule has 1 aromatic heterocycles. The predicted molar refractivity (Wildman–Crippen MR) is 151 cm³/mol. The van der Waals surface area contributed by atoms with Crippen molar-refractivity contribution in [3.05, 3.63) is 77.9 Å². The summed E-state index contributed by atoms with van der Waals surface area (Å²) in [7, 11) is 0. The third-order valence-corrected chi connectivity index (χ3v) is 8.14. The van der Waals surface area contributed by atoms with Crippen LogP contribution in [0.4, 0.5) is 0 Å². The number of carbonyl (C=O) groups excluding carboxylic acids is 3. The van der Waals surface area contributed by atoms with Crippen LogP contribution in [0.5, 0.6) is 17.2 Å². The normalized spacial score (nSPS) is 21.8. The van der Waals surface area contributed by atoms with Crippen molar-refractivity contribution < 1.29 is 28.6 Å². The van der Waals surface area contributed by atoms with Gasteiger partial charge in [0.25, 0.3) is 11.8 Å². The molecule has 4 aliphatic heterocycles. The van der Waals surface area contributed by atoms with Gasteiger partial charge in [-0.3, -0.25) is 19.4 Å². The summed E-state index contributed by atoms with van der Waals surface area (Å²) in [5, 5.41) is 3.05. The number of likely N-dealkylation sites (tertiary alicyclic amines) is 1. The summed E-state index contributed by atoms with van der Waals surface area (Å²) in [5.74, 6) is 0.979. The first-order valence-corrected chi connectivity index (χ1v) is 14.1. The molecule has 4 aliphatic rings. The van der Waals surface area contributed by atoms with Gasteiger partial charge in [0, 0.05) is 55.5 Å². The third-order valence-electron chi connectivity index (χ3n) is 8.14. The monoisotopic (exact) mass is 571 g/mol. The van der Waals surface area contributed by atoms with Crippen molar-refractivity contribution in [1.82, 2.24) is 25.1 Å². The zero-order valence-electron chi connectivity index (χ0n) is 23.5. The number of benzene rings is 2. The third kappa shape index (κ3) is 5.59. The Labute approximate surface area is 243 Å². The maximum atomic E-state index is 13.4. The quantitative estimate of drug-likeness (QED) is 0.506. The second-order valence-electron chi connectivity index (χ2n) is 11.1. The Morgan fingerprint density at radius 2 is 1.98 bits per heavy atom. The Bertz CT molecular complexity index is 1470. The molecule has 2 aromatic carbocycles. The lowest BCUT2D eigenvalue weighted by Gasteiger charge is -2.40. The number of ether oxygens (including phenoxy) is 3. The van der Waals surface area contributed by atoms with Crippen LogP contribution >= 0.6 is 0 Å². The van der Waals surface area contributed by atoms with Gasteiger partial charge in [0.2, 0.25) is 5.91 Å². The van der Waals surface area contributed by atoms with Gasteiger partial charge in [-0.15, -0.1) is 0 Å². The van der Waals surface area contributed by atoms with E-state index in [4.69, 9.17) is 14.2 Å². The number of carbonyl (C=O) groups is 3. The first-order chi connectivity index (χ1) is 20.4. The molecular weight excluding hydrogens is 538 g/mol. The second-order valence-corrected chi connectivity index (χ2v) is 11.1. The lowest BCUT2D eigenvalue weighted by molar-refractivity contribution is -0.138. The Morgan fingerprint density at radius 3 is 2.79 bits per heavy atom. The number of rotatable bonds is 4. The SMILES string of the molecule is Cc1ccc(OCC(=O)N2CCCOc3cccc4c3OC[C@@]3(CNC(=O)C2)CN(C(=O)c2cnccn2)C[C@@H]43)cc1. The van der Waals surface area contributed by atoms with E-state index >= 15 is 0 Å². The minimum atomic E-state index is -0.577. The van der Waals surface area contributed by atoms with Crippen molar-refractivity contribution in [2.24, 2.45) is 5.41 Å². The molecule has 3 amide bonds. The second kappa shape index (κ2) is 11.7.